The van der Waals surface area contributed by atoms with Crippen molar-refractivity contribution in [1.82, 2.24) is 0 Å². The molecule has 0 aliphatic rings. The zero-order valence-electron chi connectivity index (χ0n) is 27.7. The lowest BCUT2D eigenvalue weighted by Crippen LogP contribution is -2.11. The van der Waals surface area contributed by atoms with Crippen molar-refractivity contribution in [3.05, 3.63) is 188 Å². The Balaban J connectivity index is 1.18. The van der Waals surface area contributed by atoms with E-state index in [-0.39, 0.29) is 0 Å². The Morgan fingerprint density at radius 1 is 0.314 bits per heavy atom. The van der Waals surface area contributed by atoms with E-state index in [0.717, 1.165) is 77.6 Å². The van der Waals surface area contributed by atoms with Crippen LogP contribution in [0.15, 0.2) is 197 Å². The van der Waals surface area contributed by atoms with Gasteiger partial charge in [-0.15, -0.1) is 0 Å². The zero-order chi connectivity index (χ0) is 33.7. The molecule has 0 spiro atoms. The Kier molecular flexibility index (Phi) is 6.81. The van der Waals surface area contributed by atoms with Crippen LogP contribution in [0.1, 0.15) is 0 Å². The molecule has 51 heavy (non-hydrogen) atoms. The largest absolute Gasteiger partial charge is 0.456 e. The Labute approximate surface area is 295 Å². The second-order valence-electron chi connectivity index (χ2n) is 12.9. The van der Waals surface area contributed by atoms with E-state index in [1.54, 1.807) is 0 Å². The van der Waals surface area contributed by atoms with Crippen molar-refractivity contribution >= 4 is 60.9 Å². The predicted octanol–water partition coefficient (Wildman–Crippen LogP) is 14.0. The number of hydrogen-bond donors (Lipinski definition) is 0. The van der Waals surface area contributed by atoms with Crippen LogP contribution < -0.4 is 4.90 Å². The molecule has 0 N–H and O–H groups in total. The highest BCUT2D eigenvalue weighted by Crippen LogP contribution is 2.47. The van der Waals surface area contributed by atoms with Gasteiger partial charge in [0.15, 0.2) is 0 Å². The number of para-hydroxylation sites is 3. The smallest absolute Gasteiger partial charge is 0.137 e. The molecule has 240 valence electrons. The third-order valence-corrected chi connectivity index (χ3v) is 9.90. The van der Waals surface area contributed by atoms with Crippen LogP contribution in [-0.4, -0.2) is 0 Å². The summed E-state index contributed by atoms with van der Waals surface area (Å²) < 4.78 is 12.5. The lowest BCUT2D eigenvalue weighted by molar-refractivity contribution is 0.668. The topological polar surface area (TPSA) is 29.5 Å². The molecule has 0 saturated carbocycles. The fraction of sp³-hybridized carbons (Fsp3) is 0. The number of nitrogens with zero attached hydrogens (tertiary/aromatic N) is 1. The average Bonchev–Trinajstić information content (AvgIpc) is 3.77. The molecule has 0 unspecified atom stereocenters. The number of hydrogen-bond acceptors (Lipinski definition) is 3. The minimum atomic E-state index is 0.859. The summed E-state index contributed by atoms with van der Waals surface area (Å²) >= 11 is 0. The van der Waals surface area contributed by atoms with Crippen LogP contribution in [0.3, 0.4) is 0 Å². The summed E-state index contributed by atoms with van der Waals surface area (Å²) in [6.45, 7) is 0. The third-order valence-electron chi connectivity index (χ3n) is 9.90. The first-order valence-electron chi connectivity index (χ1n) is 17.3. The van der Waals surface area contributed by atoms with Gasteiger partial charge >= 0.3 is 0 Å². The van der Waals surface area contributed by atoms with Crippen molar-refractivity contribution in [3.8, 4) is 33.4 Å². The molecule has 2 aromatic heterocycles. The van der Waals surface area contributed by atoms with Gasteiger partial charge in [0.25, 0.3) is 0 Å². The Hall–Kier alpha value is -6.84. The van der Waals surface area contributed by atoms with Crippen LogP contribution in [0, 0.1) is 0 Å². The average molecular weight is 654 g/mol. The lowest BCUT2D eigenvalue weighted by atomic mass is 9.93. The van der Waals surface area contributed by atoms with Crippen molar-refractivity contribution in [3.63, 3.8) is 0 Å². The van der Waals surface area contributed by atoms with Crippen LogP contribution in [0.5, 0.6) is 0 Å². The first-order valence-corrected chi connectivity index (χ1v) is 17.3. The summed E-state index contributed by atoms with van der Waals surface area (Å²) in [5.41, 5.74) is 13.7. The molecular formula is C48H31NO2. The molecule has 0 fully saturated rings. The second kappa shape index (κ2) is 11.9. The summed E-state index contributed by atoms with van der Waals surface area (Å²) in [6.07, 6.45) is 0. The maximum Gasteiger partial charge on any atom is 0.137 e. The summed E-state index contributed by atoms with van der Waals surface area (Å²) in [5, 5.41) is 4.43. The predicted molar refractivity (Wildman–Crippen MR) is 212 cm³/mol. The zero-order valence-corrected chi connectivity index (χ0v) is 27.7. The van der Waals surface area contributed by atoms with Crippen LogP contribution in [-0.2, 0) is 0 Å². The highest BCUT2D eigenvalue weighted by Gasteiger charge is 2.23. The number of rotatable bonds is 6. The van der Waals surface area contributed by atoms with E-state index in [1.807, 2.05) is 24.3 Å². The van der Waals surface area contributed by atoms with Crippen LogP contribution in [0.2, 0.25) is 0 Å². The van der Waals surface area contributed by atoms with Gasteiger partial charge in [-0.3, -0.25) is 0 Å². The minimum Gasteiger partial charge on any atom is -0.456 e. The van der Waals surface area contributed by atoms with Gasteiger partial charge in [0.2, 0.25) is 0 Å². The molecule has 3 heteroatoms. The summed E-state index contributed by atoms with van der Waals surface area (Å²) in [4.78, 5) is 2.39. The van der Waals surface area contributed by atoms with E-state index in [9.17, 15) is 0 Å². The minimum absolute atomic E-state index is 0.859. The highest BCUT2D eigenvalue weighted by molar-refractivity contribution is 6.14. The third kappa shape index (κ3) is 4.90. The highest BCUT2D eigenvalue weighted by atomic mass is 16.3. The van der Waals surface area contributed by atoms with Gasteiger partial charge in [-0.25, -0.2) is 0 Å². The van der Waals surface area contributed by atoms with Gasteiger partial charge in [0, 0.05) is 27.4 Å². The van der Waals surface area contributed by atoms with Gasteiger partial charge in [-0.2, -0.15) is 0 Å². The fourth-order valence-corrected chi connectivity index (χ4v) is 7.54. The van der Waals surface area contributed by atoms with Crippen molar-refractivity contribution in [2.45, 2.75) is 0 Å². The normalized spacial score (nSPS) is 11.5. The summed E-state index contributed by atoms with van der Waals surface area (Å²) in [6, 6.07) is 66.3. The Bertz CT molecular complexity index is 2860. The van der Waals surface area contributed by atoms with Crippen LogP contribution >= 0.6 is 0 Å². The molecular weight excluding hydrogens is 623 g/mol. The molecule has 0 aliphatic heterocycles. The molecule has 3 nitrogen and oxygen atoms in total. The number of benzene rings is 8. The van der Waals surface area contributed by atoms with Crippen LogP contribution in [0.25, 0.3) is 77.3 Å². The van der Waals surface area contributed by atoms with E-state index in [2.05, 4.69) is 169 Å². The van der Waals surface area contributed by atoms with Crippen molar-refractivity contribution in [2.75, 3.05) is 4.90 Å². The molecule has 0 atom stereocenters. The summed E-state index contributed by atoms with van der Waals surface area (Å²) in [7, 11) is 0. The molecule has 0 amide bonds. The standard InChI is InChI=1S/C48H31NO2/c1-2-13-33(14-3-1)36-15-4-5-16-37(36)38-17-6-9-20-42(38)49(43-21-12-24-47-48(43)40-19-8-11-23-45(40)51-47)35-28-25-32(26-29-35)34-27-30-46-41(31-34)39-18-7-10-22-44(39)50-46/h1-31H. The van der Waals surface area contributed by atoms with Gasteiger partial charge in [0.05, 0.1) is 16.8 Å². The Morgan fingerprint density at radius 3 is 1.71 bits per heavy atom. The second-order valence-corrected chi connectivity index (χ2v) is 12.9. The molecule has 0 radical (unpaired) electrons. The maximum absolute atomic E-state index is 6.41. The molecule has 0 saturated heterocycles. The van der Waals surface area contributed by atoms with Gasteiger partial charge < -0.3 is 13.7 Å². The van der Waals surface area contributed by atoms with Gasteiger partial charge in [-0.1, -0.05) is 133 Å². The van der Waals surface area contributed by atoms with Crippen molar-refractivity contribution < 1.29 is 8.83 Å². The number of fused-ring (bicyclic) bond motifs is 6. The quantitative estimate of drug-likeness (QED) is 0.179. The van der Waals surface area contributed by atoms with E-state index in [1.165, 1.54) is 16.7 Å². The fourth-order valence-electron chi connectivity index (χ4n) is 7.54. The number of anilines is 3. The molecule has 0 aliphatic carbocycles. The van der Waals surface area contributed by atoms with Crippen molar-refractivity contribution in [2.24, 2.45) is 0 Å². The molecule has 10 rings (SSSR count). The van der Waals surface area contributed by atoms with Gasteiger partial charge in [0.1, 0.15) is 22.3 Å². The summed E-state index contributed by atoms with van der Waals surface area (Å²) in [5.74, 6) is 0. The van der Waals surface area contributed by atoms with Crippen molar-refractivity contribution in [1.29, 1.82) is 0 Å². The molecule has 0 bridgehead atoms. The maximum atomic E-state index is 6.41. The molecule has 2 heterocycles. The van der Waals surface area contributed by atoms with Crippen LogP contribution in [0.4, 0.5) is 17.1 Å². The SMILES string of the molecule is c1ccc(-c2ccccc2-c2ccccc2N(c2ccc(-c3ccc4oc5ccccc5c4c3)cc2)c2cccc3oc4ccccc4c23)cc1. The monoisotopic (exact) mass is 653 g/mol. The molecule has 8 aromatic carbocycles. The lowest BCUT2D eigenvalue weighted by Gasteiger charge is -2.29. The molecule has 10 aromatic rings. The van der Waals surface area contributed by atoms with E-state index in [4.69, 9.17) is 8.83 Å². The first kappa shape index (κ1) is 29.1. The number of furan rings is 2. The Morgan fingerprint density at radius 2 is 0.882 bits per heavy atom. The van der Waals surface area contributed by atoms with E-state index >= 15 is 0 Å². The van der Waals surface area contributed by atoms with E-state index in [0.29, 0.717) is 0 Å². The first-order chi connectivity index (χ1) is 25.3. The van der Waals surface area contributed by atoms with E-state index < -0.39 is 0 Å². The van der Waals surface area contributed by atoms with Gasteiger partial charge in [-0.05, 0) is 82.4 Å².